The van der Waals surface area contributed by atoms with Gasteiger partial charge in [0.25, 0.3) is 0 Å². The van der Waals surface area contributed by atoms with Crippen molar-refractivity contribution >= 4 is 33.5 Å². The first-order valence-electron chi connectivity index (χ1n) is 3.36. The second kappa shape index (κ2) is 4.35. The molecule has 1 rings (SSSR count). The largest absolute Gasteiger partial charge is 0.446 e. The topological polar surface area (TPSA) is 56.0 Å². The molecule has 1 heterocycles. The first-order chi connectivity index (χ1) is 6.81. The second-order valence-electron chi connectivity index (χ2n) is 2.25. The minimum absolute atomic E-state index is 0.266. The van der Waals surface area contributed by atoms with Crippen LogP contribution in [0.15, 0.2) is 21.6 Å². The van der Waals surface area contributed by atoms with Gasteiger partial charge in [0.15, 0.2) is 0 Å². The monoisotopic (exact) mass is 302 g/mol. The van der Waals surface area contributed by atoms with Crippen molar-refractivity contribution in [2.45, 2.75) is 10.4 Å². The summed E-state index contributed by atoms with van der Waals surface area (Å²) >= 11 is 2.28. The number of rotatable bonds is 2. The number of nitro groups is 1. The molecule has 82 valence electrons. The average molecular weight is 303 g/mol. The second-order valence-corrected chi connectivity index (χ2v) is 4.15. The molecule has 0 saturated heterocycles. The van der Waals surface area contributed by atoms with Gasteiger partial charge in [0.2, 0.25) is 0 Å². The molecular formula is C6H2BrF3N2O2S. The highest BCUT2D eigenvalue weighted by molar-refractivity contribution is 9.10. The lowest BCUT2D eigenvalue weighted by Gasteiger charge is -2.06. The van der Waals surface area contributed by atoms with Crippen LogP contribution in [0.25, 0.3) is 0 Å². The lowest BCUT2D eigenvalue weighted by Crippen LogP contribution is -2.01. The minimum atomic E-state index is -4.49. The normalized spacial score (nSPS) is 11.5. The Balaban J connectivity index is 3.10. The highest BCUT2D eigenvalue weighted by Gasteiger charge is 2.32. The van der Waals surface area contributed by atoms with Crippen molar-refractivity contribution in [2.75, 3.05) is 0 Å². The van der Waals surface area contributed by atoms with E-state index in [2.05, 4.69) is 20.9 Å². The van der Waals surface area contributed by atoms with E-state index < -0.39 is 28.0 Å². The Morgan fingerprint density at radius 2 is 2.13 bits per heavy atom. The maximum atomic E-state index is 12.0. The minimum Gasteiger partial charge on any atom is -0.358 e. The maximum absolute atomic E-state index is 12.0. The van der Waals surface area contributed by atoms with E-state index in [0.29, 0.717) is 0 Å². The molecule has 0 aliphatic heterocycles. The Labute approximate surface area is 94.2 Å². The molecular weight excluding hydrogens is 301 g/mol. The summed E-state index contributed by atoms with van der Waals surface area (Å²) < 4.78 is 35.8. The van der Waals surface area contributed by atoms with Crippen molar-refractivity contribution in [3.8, 4) is 0 Å². The van der Waals surface area contributed by atoms with E-state index in [0.717, 1.165) is 12.3 Å². The van der Waals surface area contributed by atoms with E-state index in [1.807, 2.05) is 0 Å². The number of nitrogens with zero attached hydrogens (tertiary/aromatic N) is 2. The maximum Gasteiger partial charge on any atom is 0.446 e. The Bertz CT molecular complexity index is 398. The van der Waals surface area contributed by atoms with Crippen LogP contribution in [0.5, 0.6) is 0 Å². The predicted molar refractivity (Wildman–Crippen MR) is 50.5 cm³/mol. The van der Waals surface area contributed by atoms with Gasteiger partial charge in [-0.15, -0.1) is 0 Å². The van der Waals surface area contributed by atoms with Gasteiger partial charge in [0, 0.05) is 4.90 Å². The highest BCUT2D eigenvalue weighted by atomic mass is 79.9. The molecule has 1 aromatic rings. The van der Waals surface area contributed by atoms with Gasteiger partial charge in [0.1, 0.15) is 10.7 Å². The molecule has 4 nitrogen and oxygen atoms in total. The summed E-state index contributed by atoms with van der Waals surface area (Å²) in [6.45, 7) is 0. The number of halogens is 4. The molecule has 15 heavy (non-hydrogen) atoms. The summed E-state index contributed by atoms with van der Waals surface area (Å²) in [6, 6.07) is 1.05. The fourth-order valence-electron chi connectivity index (χ4n) is 0.746. The summed E-state index contributed by atoms with van der Waals surface area (Å²) in [4.78, 5) is 12.6. The number of alkyl halides is 3. The molecule has 0 aromatic carbocycles. The van der Waals surface area contributed by atoms with E-state index in [1.54, 1.807) is 0 Å². The Kier molecular flexibility index (Phi) is 3.55. The first-order valence-corrected chi connectivity index (χ1v) is 4.97. The molecule has 0 fully saturated rings. The van der Waals surface area contributed by atoms with Crippen LogP contribution in [-0.4, -0.2) is 15.4 Å². The number of aromatic nitrogens is 1. The molecule has 0 bridgehead atoms. The van der Waals surface area contributed by atoms with Crippen LogP contribution >= 0.6 is 27.7 Å². The third kappa shape index (κ3) is 3.34. The van der Waals surface area contributed by atoms with Gasteiger partial charge >= 0.3 is 11.3 Å². The average Bonchev–Trinajstić information content (AvgIpc) is 2.05. The molecule has 0 unspecified atom stereocenters. The third-order valence-electron chi connectivity index (χ3n) is 1.23. The zero-order chi connectivity index (χ0) is 11.6. The van der Waals surface area contributed by atoms with Crippen molar-refractivity contribution in [1.82, 2.24) is 4.98 Å². The lowest BCUT2D eigenvalue weighted by atomic mass is 10.5. The number of hydrogen-bond donors (Lipinski definition) is 0. The van der Waals surface area contributed by atoms with Crippen LogP contribution in [0.1, 0.15) is 0 Å². The van der Waals surface area contributed by atoms with Crippen LogP contribution in [0.3, 0.4) is 0 Å². The van der Waals surface area contributed by atoms with Crippen LogP contribution in [0.4, 0.5) is 19.0 Å². The van der Waals surface area contributed by atoms with Gasteiger partial charge in [-0.25, -0.2) is 0 Å². The van der Waals surface area contributed by atoms with E-state index in [-0.39, 0.29) is 9.37 Å². The van der Waals surface area contributed by atoms with Gasteiger partial charge < -0.3 is 10.1 Å². The number of pyridine rings is 1. The van der Waals surface area contributed by atoms with Gasteiger partial charge in [-0.05, 0) is 43.7 Å². The molecule has 0 radical (unpaired) electrons. The van der Waals surface area contributed by atoms with Crippen molar-refractivity contribution in [3.63, 3.8) is 0 Å². The van der Waals surface area contributed by atoms with Crippen LogP contribution < -0.4 is 0 Å². The molecule has 0 atom stereocenters. The summed E-state index contributed by atoms with van der Waals surface area (Å²) in [7, 11) is 0. The van der Waals surface area contributed by atoms with Crippen LogP contribution in [-0.2, 0) is 0 Å². The summed E-state index contributed by atoms with van der Waals surface area (Å²) in [5.74, 6) is -0.635. The molecule has 0 amide bonds. The van der Waals surface area contributed by atoms with Crippen LogP contribution in [0, 0.1) is 10.1 Å². The molecule has 0 spiro atoms. The van der Waals surface area contributed by atoms with E-state index in [4.69, 9.17) is 0 Å². The van der Waals surface area contributed by atoms with Gasteiger partial charge in [-0.3, -0.25) is 0 Å². The lowest BCUT2D eigenvalue weighted by molar-refractivity contribution is -0.390. The Hall–Kier alpha value is -0.830. The van der Waals surface area contributed by atoms with Gasteiger partial charge in [0.05, 0.1) is 0 Å². The van der Waals surface area contributed by atoms with Crippen molar-refractivity contribution in [3.05, 3.63) is 26.9 Å². The zero-order valence-corrected chi connectivity index (χ0v) is 9.19. The SMILES string of the molecule is O=[N+]([O-])c1nccc(SC(F)(F)F)c1Br. The van der Waals surface area contributed by atoms with Crippen molar-refractivity contribution in [2.24, 2.45) is 0 Å². The molecule has 0 aliphatic rings. The smallest absolute Gasteiger partial charge is 0.358 e. The highest BCUT2D eigenvalue weighted by Crippen LogP contribution is 2.42. The molecule has 0 aliphatic carbocycles. The summed E-state index contributed by atoms with van der Waals surface area (Å²) in [5, 5.41) is 10.4. The van der Waals surface area contributed by atoms with Crippen LogP contribution in [0.2, 0.25) is 0 Å². The summed E-state index contributed by atoms with van der Waals surface area (Å²) in [6.07, 6.45) is 0.955. The number of thioether (sulfide) groups is 1. The number of hydrogen-bond acceptors (Lipinski definition) is 4. The molecule has 1 aromatic heterocycles. The molecule has 0 N–H and O–H groups in total. The Morgan fingerprint density at radius 1 is 1.53 bits per heavy atom. The summed E-state index contributed by atoms with van der Waals surface area (Å²) in [5.41, 5.74) is -4.49. The third-order valence-corrected chi connectivity index (χ3v) is 3.07. The fourth-order valence-corrected chi connectivity index (χ4v) is 1.93. The fraction of sp³-hybridized carbons (Fsp3) is 0.167. The predicted octanol–water partition coefficient (Wildman–Crippen LogP) is 3.36. The quantitative estimate of drug-likeness (QED) is 0.477. The van der Waals surface area contributed by atoms with E-state index >= 15 is 0 Å². The van der Waals surface area contributed by atoms with Crippen molar-refractivity contribution < 1.29 is 18.1 Å². The zero-order valence-electron chi connectivity index (χ0n) is 6.79. The van der Waals surface area contributed by atoms with Gasteiger partial charge in [-0.2, -0.15) is 13.2 Å². The molecule has 9 heteroatoms. The van der Waals surface area contributed by atoms with E-state index in [9.17, 15) is 23.3 Å². The Morgan fingerprint density at radius 3 is 2.60 bits per heavy atom. The standard InChI is InChI=1S/C6H2BrF3N2O2S/c7-4-3(15-6(8,9)10)1-2-11-5(4)12(13)14/h1-2H. The molecule has 0 saturated carbocycles. The first kappa shape index (κ1) is 12.2. The van der Waals surface area contributed by atoms with E-state index in [1.165, 1.54) is 0 Å². The van der Waals surface area contributed by atoms with Crippen molar-refractivity contribution in [1.29, 1.82) is 0 Å². The van der Waals surface area contributed by atoms with Gasteiger partial charge in [-0.1, -0.05) is 0 Å².